The first-order valence-electron chi connectivity index (χ1n) is 8.76. The molecule has 1 aromatic rings. The van der Waals surface area contributed by atoms with Crippen molar-refractivity contribution >= 4 is 21.9 Å². The Hall–Kier alpha value is -1.71. The minimum absolute atomic E-state index is 0.237. The lowest BCUT2D eigenvalue weighted by Crippen LogP contribution is -2.62. The van der Waals surface area contributed by atoms with Crippen LogP contribution in [0.1, 0.15) is 24.5 Å². The first-order valence-corrected chi connectivity index (χ1v) is 10.3. The lowest BCUT2D eigenvalue weighted by atomic mass is 10.2. The number of rotatable bonds is 4. The third-order valence-electron chi connectivity index (χ3n) is 4.99. The molecule has 0 radical (unpaired) electrons. The highest BCUT2D eigenvalue weighted by Crippen LogP contribution is 2.39. The third-order valence-corrected chi connectivity index (χ3v) is 7.22. The quantitative estimate of drug-likeness (QED) is 0.806. The zero-order valence-corrected chi connectivity index (χ0v) is 14.8. The molecule has 1 aliphatic carbocycles. The summed E-state index contributed by atoms with van der Waals surface area (Å²) in [6.45, 7) is 2.84. The summed E-state index contributed by atoms with van der Waals surface area (Å²) in [6, 6.07) is 5.35. The van der Waals surface area contributed by atoms with Gasteiger partial charge in [-0.25, -0.2) is 18.2 Å². The number of anilines is 1. The number of amides is 2. The smallest absolute Gasteiger partial charge is 0.322 e. The molecule has 2 amide bonds. The second-order valence-corrected chi connectivity index (χ2v) is 9.09. The summed E-state index contributed by atoms with van der Waals surface area (Å²) in [5, 5.41) is 5.42. The number of urea groups is 1. The van der Waals surface area contributed by atoms with Gasteiger partial charge in [-0.1, -0.05) is 6.07 Å². The van der Waals surface area contributed by atoms with Gasteiger partial charge in [0.05, 0.1) is 0 Å². The van der Waals surface area contributed by atoms with E-state index >= 15 is 0 Å². The van der Waals surface area contributed by atoms with Crippen molar-refractivity contribution in [3.8, 4) is 0 Å². The van der Waals surface area contributed by atoms with E-state index in [-0.39, 0.29) is 19.1 Å². The lowest BCUT2D eigenvalue weighted by molar-refractivity contribution is 0.180. The average molecular weight is 365 g/mol. The molecule has 136 valence electrons. The largest absolute Gasteiger partial charge is 0.323 e. The number of likely N-dealkylation sites (tertiary alicyclic amines) is 1. The zero-order valence-electron chi connectivity index (χ0n) is 14.0. The molecule has 25 heavy (non-hydrogen) atoms. The van der Waals surface area contributed by atoms with Gasteiger partial charge in [0.25, 0.3) is 0 Å². The number of nitrogens with one attached hydrogen (secondary N) is 2. The summed E-state index contributed by atoms with van der Waals surface area (Å²) >= 11 is 0. The maximum absolute atomic E-state index is 12.5. The maximum atomic E-state index is 12.5. The zero-order chi connectivity index (χ0) is 17.4. The van der Waals surface area contributed by atoms with Gasteiger partial charge in [-0.2, -0.15) is 4.31 Å². The van der Waals surface area contributed by atoms with Crippen LogP contribution in [0.3, 0.4) is 0 Å². The van der Waals surface area contributed by atoms with Crippen LogP contribution in [0, 0.1) is 0 Å². The van der Waals surface area contributed by atoms with Crippen LogP contribution in [0.15, 0.2) is 18.2 Å². The van der Waals surface area contributed by atoms with Crippen LogP contribution in [0.5, 0.6) is 0 Å². The Morgan fingerprint density at radius 2 is 1.92 bits per heavy atom. The molecule has 9 heteroatoms. The van der Waals surface area contributed by atoms with Gasteiger partial charge in [0.15, 0.2) is 0 Å². The minimum Gasteiger partial charge on any atom is -0.322 e. The van der Waals surface area contributed by atoms with Gasteiger partial charge in [0, 0.05) is 50.9 Å². The summed E-state index contributed by atoms with van der Waals surface area (Å²) in [4.78, 5) is 18.3. The second-order valence-electron chi connectivity index (χ2n) is 6.87. The van der Waals surface area contributed by atoms with Crippen LogP contribution in [0.2, 0.25) is 0 Å². The van der Waals surface area contributed by atoms with E-state index in [0.717, 1.165) is 18.5 Å². The Kier molecular flexibility index (Phi) is 4.38. The van der Waals surface area contributed by atoms with Crippen molar-refractivity contribution in [2.24, 2.45) is 0 Å². The maximum Gasteiger partial charge on any atom is 0.323 e. The van der Waals surface area contributed by atoms with E-state index in [1.54, 1.807) is 6.07 Å². The molecule has 0 unspecified atom stereocenters. The molecule has 0 spiro atoms. The number of sulfonamides is 1. The molecule has 3 heterocycles. The predicted molar refractivity (Wildman–Crippen MR) is 94.0 cm³/mol. The number of carbonyl (C=O) groups excluding carboxylic acids is 1. The Bertz CT molecular complexity index is 753. The summed E-state index contributed by atoms with van der Waals surface area (Å²) < 4.78 is 26.6. The Labute approximate surface area is 147 Å². The monoisotopic (exact) mass is 365 g/mol. The number of nitrogens with zero attached hydrogens (tertiary/aromatic N) is 3. The van der Waals surface area contributed by atoms with Crippen LogP contribution in [0.4, 0.5) is 10.6 Å². The molecular weight excluding hydrogens is 342 g/mol. The van der Waals surface area contributed by atoms with Crippen molar-refractivity contribution in [3.05, 3.63) is 23.9 Å². The third kappa shape index (κ3) is 3.49. The molecule has 3 fully saturated rings. The van der Waals surface area contributed by atoms with Crippen molar-refractivity contribution in [3.63, 3.8) is 0 Å². The highest BCUT2D eigenvalue weighted by Gasteiger charge is 2.43. The molecule has 8 nitrogen and oxygen atoms in total. The first-order chi connectivity index (χ1) is 12.0. The predicted octanol–water partition coefficient (Wildman–Crippen LogP) is 0.410. The van der Waals surface area contributed by atoms with Crippen LogP contribution < -0.4 is 10.6 Å². The topological polar surface area (TPSA) is 94.6 Å². The molecule has 2 aliphatic heterocycles. The van der Waals surface area contributed by atoms with Gasteiger partial charge >= 0.3 is 6.03 Å². The molecule has 1 saturated carbocycles. The summed E-state index contributed by atoms with van der Waals surface area (Å²) in [7, 11) is -3.32. The number of pyridine rings is 1. The fourth-order valence-electron chi connectivity index (χ4n) is 3.22. The summed E-state index contributed by atoms with van der Waals surface area (Å²) in [6.07, 6.45) is 2.31. The van der Waals surface area contributed by atoms with Gasteiger partial charge in [0.2, 0.25) is 10.0 Å². The van der Waals surface area contributed by atoms with E-state index in [9.17, 15) is 13.2 Å². The molecular formula is C16H23N5O3S. The fourth-order valence-corrected chi connectivity index (χ4v) is 5.07. The van der Waals surface area contributed by atoms with E-state index in [2.05, 4.69) is 15.6 Å². The molecule has 0 aromatic carbocycles. The SMILES string of the molecule is O=C(Nc1cccc(C2CC2)n1)N1CC(S(=O)(=O)N2CCNCC2)C1. The van der Waals surface area contributed by atoms with Gasteiger partial charge < -0.3 is 10.2 Å². The number of aromatic nitrogens is 1. The summed E-state index contributed by atoms with van der Waals surface area (Å²) in [5.41, 5.74) is 1.01. The van der Waals surface area contributed by atoms with Crippen molar-refractivity contribution in [1.82, 2.24) is 19.5 Å². The van der Waals surface area contributed by atoms with Crippen LogP contribution in [-0.2, 0) is 10.0 Å². The van der Waals surface area contributed by atoms with Crippen molar-refractivity contribution in [2.75, 3.05) is 44.6 Å². The van der Waals surface area contributed by atoms with Crippen molar-refractivity contribution in [1.29, 1.82) is 0 Å². The van der Waals surface area contributed by atoms with E-state index in [0.29, 0.717) is 37.9 Å². The number of hydrogen-bond donors (Lipinski definition) is 2. The Balaban J connectivity index is 1.32. The van der Waals surface area contributed by atoms with E-state index < -0.39 is 15.3 Å². The van der Waals surface area contributed by atoms with Crippen LogP contribution in [0.25, 0.3) is 0 Å². The molecule has 1 aromatic heterocycles. The highest BCUT2D eigenvalue weighted by molar-refractivity contribution is 7.89. The van der Waals surface area contributed by atoms with Gasteiger partial charge in [-0.15, -0.1) is 0 Å². The summed E-state index contributed by atoms with van der Waals surface area (Å²) in [5.74, 6) is 1.05. The number of carbonyl (C=O) groups is 1. The van der Waals surface area contributed by atoms with E-state index in [1.165, 1.54) is 9.21 Å². The van der Waals surface area contributed by atoms with Gasteiger partial charge in [0.1, 0.15) is 11.1 Å². The van der Waals surface area contributed by atoms with Crippen LogP contribution >= 0.6 is 0 Å². The average Bonchev–Trinajstić information content (AvgIpc) is 3.39. The van der Waals surface area contributed by atoms with Crippen molar-refractivity contribution in [2.45, 2.75) is 24.0 Å². The van der Waals surface area contributed by atoms with E-state index in [1.807, 2.05) is 12.1 Å². The van der Waals surface area contributed by atoms with Gasteiger partial charge in [-0.3, -0.25) is 5.32 Å². The number of piperazine rings is 1. The van der Waals surface area contributed by atoms with Gasteiger partial charge in [-0.05, 0) is 25.0 Å². The molecule has 3 aliphatic rings. The Morgan fingerprint density at radius 3 is 2.60 bits per heavy atom. The Morgan fingerprint density at radius 1 is 1.20 bits per heavy atom. The standard InChI is InChI=1S/C16H23N5O3S/c22-16(19-15-3-1-2-14(18-15)12-4-5-12)20-10-13(11-20)25(23,24)21-8-6-17-7-9-21/h1-3,12-13,17H,4-11H2,(H,18,19,22). The molecule has 2 N–H and O–H groups in total. The second kappa shape index (κ2) is 6.54. The minimum atomic E-state index is -3.32. The molecule has 0 bridgehead atoms. The normalized spacial score (nSPS) is 22.5. The molecule has 2 saturated heterocycles. The first kappa shape index (κ1) is 16.7. The highest BCUT2D eigenvalue weighted by atomic mass is 32.2. The van der Waals surface area contributed by atoms with Crippen molar-refractivity contribution < 1.29 is 13.2 Å². The fraction of sp³-hybridized carbons (Fsp3) is 0.625. The molecule has 4 rings (SSSR count). The lowest BCUT2D eigenvalue weighted by Gasteiger charge is -2.41. The van der Waals surface area contributed by atoms with E-state index in [4.69, 9.17) is 0 Å². The van der Waals surface area contributed by atoms with Crippen LogP contribution in [-0.4, -0.2) is 73.2 Å². The molecule has 0 atom stereocenters. The number of hydrogen-bond acceptors (Lipinski definition) is 5.